The number of anilines is 1. The van der Waals surface area contributed by atoms with Gasteiger partial charge in [-0.1, -0.05) is 29.3 Å². The van der Waals surface area contributed by atoms with Gasteiger partial charge in [0, 0.05) is 18.7 Å². The smallest absolute Gasteiger partial charge is 0.182 e. The molecule has 6 heteroatoms. The van der Waals surface area contributed by atoms with Crippen molar-refractivity contribution in [1.29, 1.82) is 0 Å². The quantitative estimate of drug-likeness (QED) is 0.785. The van der Waals surface area contributed by atoms with Crippen LogP contribution in [0.5, 0.6) is 0 Å². The Morgan fingerprint density at radius 1 is 0.947 bits per heavy atom. The first-order valence-corrected chi connectivity index (χ1v) is 6.05. The third-order valence-corrected chi connectivity index (χ3v) is 3.20. The van der Waals surface area contributed by atoms with Gasteiger partial charge in [-0.3, -0.25) is 0 Å². The lowest BCUT2D eigenvalue weighted by atomic mass is 10.2. The van der Waals surface area contributed by atoms with Crippen molar-refractivity contribution in [2.24, 2.45) is 0 Å². The third kappa shape index (κ3) is 3.33. The van der Waals surface area contributed by atoms with E-state index >= 15 is 0 Å². The Morgan fingerprint density at radius 2 is 1.68 bits per heavy atom. The molecule has 1 N–H and O–H groups in total. The summed E-state index contributed by atoms with van der Waals surface area (Å²) in [5.74, 6) is -3.21. The second kappa shape index (κ2) is 5.72. The summed E-state index contributed by atoms with van der Waals surface area (Å²) in [5.41, 5.74) is 0.460. The molecule has 0 saturated heterocycles. The summed E-state index contributed by atoms with van der Waals surface area (Å²) in [5, 5.41) is 3.35. The van der Waals surface area contributed by atoms with Crippen LogP contribution in [0.25, 0.3) is 0 Å². The van der Waals surface area contributed by atoms with Crippen LogP contribution in [0.15, 0.2) is 30.3 Å². The summed E-state index contributed by atoms with van der Waals surface area (Å²) >= 11 is 11.6. The first-order chi connectivity index (χ1) is 8.97. The summed E-state index contributed by atoms with van der Waals surface area (Å²) in [6, 6.07) is 6.22. The summed E-state index contributed by atoms with van der Waals surface area (Å²) in [7, 11) is 0. The zero-order chi connectivity index (χ0) is 14.0. The lowest BCUT2D eigenvalue weighted by Gasteiger charge is -2.09. The van der Waals surface area contributed by atoms with Gasteiger partial charge in [0.05, 0.1) is 15.7 Å². The summed E-state index contributed by atoms with van der Waals surface area (Å²) in [6.45, 7) is 0.163. The fourth-order valence-electron chi connectivity index (χ4n) is 1.53. The van der Waals surface area contributed by atoms with Crippen molar-refractivity contribution in [3.05, 3.63) is 63.4 Å². The molecule has 0 aromatic heterocycles. The van der Waals surface area contributed by atoms with Crippen molar-refractivity contribution >= 4 is 28.9 Å². The molecule has 0 radical (unpaired) electrons. The summed E-state index contributed by atoms with van der Waals surface area (Å²) < 4.78 is 39.3. The van der Waals surface area contributed by atoms with Gasteiger partial charge in [-0.05, 0) is 17.7 Å². The summed E-state index contributed by atoms with van der Waals surface area (Å²) in [4.78, 5) is 0. The van der Waals surface area contributed by atoms with Crippen molar-refractivity contribution in [2.75, 3.05) is 5.32 Å². The minimum atomic E-state index is -1.24. The molecule has 0 unspecified atom stereocenters. The number of hydrogen-bond donors (Lipinski definition) is 1. The van der Waals surface area contributed by atoms with Gasteiger partial charge in [0.25, 0.3) is 0 Å². The third-order valence-electron chi connectivity index (χ3n) is 2.46. The Labute approximate surface area is 118 Å². The molecule has 2 aromatic rings. The lowest BCUT2D eigenvalue weighted by molar-refractivity contribution is 0.497. The second-order valence-corrected chi connectivity index (χ2v) is 4.67. The molecule has 0 bridgehead atoms. The molecule has 0 atom stereocenters. The monoisotopic (exact) mass is 305 g/mol. The normalized spacial score (nSPS) is 10.6. The minimum Gasteiger partial charge on any atom is -0.378 e. The average Bonchev–Trinajstić information content (AvgIpc) is 2.36. The topological polar surface area (TPSA) is 12.0 Å². The number of benzene rings is 2. The van der Waals surface area contributed by atoms with E-state index in [9.17, 15) is 13.2 Å². The van der Waals surface area contributed by atoms with E-state index in [-0.39, 0.29) is 12.2 Å². The molecule has 0 aliphatic carbocycles. The van der Waals surface area contributed by atoms with E-state index in [4.69, 9.17) is 23.2 Å². The van der Waals surface area contributed by atoms with Crippen LogP contribution >= 0.6 is 23.2 Å². The maximum Gasteiger partial charge on any atom is 0.182 e. The first kappa shape index (κ1) is 14.0. The molecule has 1 nitrogen and oxygen atoms in total. The molecular weight excluding hydrogens is 298 g/mol. The predicted molar refractivity (Wildman–Crippen MR) is 70.1 cm³/mol. The van der Waals surface area contributed by atoms with Gasteiger partial charge in [-0.2, -0.15) is 0 Å². The Morgan fingerprint density at radius 3 is 2.37 bits per heavy atom. The van der Waals surface area contributed by atoms with E-state index in [0.717, 1.165) is 6.07 Å². The maximum atomic E-state index is 13.4. The molecule has 0 heterocycles. The van der Waals surface area contributed by atoms with Crippen LogP contribution in [0.1, 0.15) is 5.56 Å². The number of rotatable bonds is 3. The zero-order valence-corrected chi connectivity index (χ0v) is 11.0. The fraction of sp³-hybridized carbons (Fsp3) is 0.0769. The highest BCUT2D eigenvalue weighted by Crippen LogP contribution is 2.24. The van der Waals surface area contributed by atoms with E-state index in [1.807, 2.05) is 0 Å². The van der Waals surface area contributed by atoms with E-state index in [2.05, 4.69) is 5.32 Å². The van der Waals surface area contributed by atoms with E-state index in [1.54, 1.807) is 18.2 Å². The van der Waals surface area contributed by atoms with Gasteiger partial charge < -0.3 is 5.32 Å². The van der Waals surface area contributed by atoms with Crippen molar-refractivity contribution < 1.29 is 13.2 Å². The van der Waals surface area contributed by atoms with Crippen LogP contribution in [0.4, 0.5) is 18.9 Å². The van der Waals surface area contributed by atoms with Gasteiger partial charge in [-0.15, -0.1) is 0 Å². The second-order valence-electron chi connectivity index (χ2n) is 3.85. The number of nitrogens with one attached hydrogen (secondary N) is 1. The lowest BCUT2D eigenvalue weighted by Crippen LogP contribution is -2.03. The highest BCUT2D eigenvalue weighted by molar-refractivity contribution is 6.42. The molecule has 2 rings (SSSR count). The standard InChI is InChI=1S/C13H8Cl2F3N/c14-9-2-1-7(3-10(9)15)6-19-12-5-8(16)4-11(17)13(12)18/h1-5,19H,6H2. The van der Waals surface area contributed by atoms with Crippen LogP contribution in [-0.4, -0.2) is 0 Å². The van der Waals surface area contributed by atoms with Gasteiger partial charge in [0.2, 0.25) is 0 Å². The largest absolute Gasteiger partial charge is 0.378 e. The van der Waals surface area contributed by atoms with Crippen molar-refractivity contribution in [2.45, 2.75) is 6.54 Å². The van der Waals surface area contributed by atoms with Crippen LogP contribution in [0.3, 0.4) is 0 Å². The Kier molecular flexibility index (Phi) is 4.22. The van der Waals surface area contributed by atoms with Gasteiger partial charge in [0.15, 0.2) is 11.6 Å². The summed E-state index contributed by atoms with van der Waals surface area (Å²) in [6.07, 6.45) is 0. The van der Waals surface area contributed by atoms with Gasteiger partial charge >= 0.3 is 0 Å². The molecular formula is C13H8Cl2F3N. The van der Waals surface area contributed by atoms with E-state index in [1.165, 1.54) is 0 Å². The number of halogens is 5. The molecule has 0 amide bonds. The molecule has 0 fully saturated rings. The molecule has 2 aromatic carbocycles. The fourth-order valence-corrected chi connectivity index (χ4v) is 1.85. The molecule has 0 aliphatic heterocycles. The zero-order valence-electron chi connectivity index (χ0n) is 9.48. The van der Waals surface area contributed by atoms with Crippen LogP contribution in [0, 0.1) is 17.5 Å². The van der Waals surface area contributed by atoms with E-state index in [0.29, 0.717) is 21.7 Å². The van der Waals surface area contributed by atoms with Crippen LogP contribution in [0.2, 0.25) is 10.0 Å². The van der Waals surface area contributed by atoms with E-state index < -0.39 is 17.5 Å². The Balaban J connectivity index is 2.16. The Bertz CT molecular complexity index is 617. The maximum absolute atomic E-state index is 13.4. The Hall–Kier alpha value is -1.39. The number of hydrogen-bond acceptors (Lipinski definition) is 1. The van der Waals surface area contributed by atoms with Crippen molar-refractivity contribution in [1.82, 2.24) is 0 Å². The highest BCUT2D eigenvalue weighted by atomic mass is 35.5. The highest BCUT2D eigenvalue weighted by Gasteiger charge is 2.10. The van der Waals surface area contributed by atoms with Gasteiger partial charge in [-0.25, -0.2) is 13.2 Å². The molecule has 19 heavy (non-hydrogen) atoms. The van der Waals surface area contributed by atoms with Gasteiger partial charge in [0.1, 0.15) is 5.82 Å². The van der Waals surface area contributed by atoms with Crippen molar-refractivity contribution in [3.8, 4) is 0 Å². The first-order valence-electron chi connectivity index (χ1n) is 5.29. The van der Waals surface area contributed by atoms with Crippen LogP contribution in [-0.2, 0) is 6.54 Å². The average molecular weight is 306 g/mol. The SMILES string of the molecule is Fc1cc(F)c(F)c(NCc2ccc(Cl)c(Cl)c2)c1. The molecule has 0 saturated carbocycles. The molecule has 0 aliphatic rings. The van der Waals surface area contributed by atoms with Crippen LogP contribution < -0.4 is 5.32 Å². The molecule has 0 spiro atoms. The minimum absolute atomic E-state index is 0.163. The predicted octanol–water partition coefficient (Wildman–Crippen LogP) is 5.02. The van der Waals surface area contributed by atoms with Crippen molar-refractivity contribution in [3.63, 3.8) is 0 Å². The molecule has 100 valence electrons.